The van der Waals surface area contributed by atoms with Crippen molar-refractivity contribution in [3.8, 4) is 11.5 Å². The lowest BCUT2D eigenvalue weighted by Crippen LogP contribution is -2.47. The molecule has 1 atom stereocenters. The van der Waals surface area contributed by atoms with Crippen molar-refractivity contribution in [2.24, 2.45) is 5.73 Å². The van der Waals surface area contributed by atoms with E-state index in [0.29, 0.717) is 24.6 Å². The number of sulfonamides is 1. The third kappa shape index (κ3) is 3.17. The van der Waals surface area contributed by atoms with Gasteiger partial charge in [0.25, 0.3) is 0 Å². The minimum Gasteiger partial charge on any atom is -0.493 e. The number of methoxy groups -OCH3 is 2. The zero-order valence-electron chi connectivity index (χ0n) is 12.7. The molecule has 1 aromatic rings. The molecule has 0 saturated carbocycles. The van der Waals surface area contributed by atoms with Crippen LogP contribution in [-0.2, 0) is 10.0 Å². The normalized spacial score (nSPS) is 19.9. The maximum Gasteiger partial charge on any atom is 0.244 e. The van der Waals surface area contributed by atoms with Crippen LogP contribution in [0.2, 0.25) is 5.02 Å². The average Bonchev–Trinajstić information content (AvgIpc) is 2.54. The first-order valence-corrected chi connectivity index (χ1v) is 8.91. The minimum atomic E-state index is -3.73. The summed E-state index contributed by atoms with van der Waals surface area (Å²) in [5.74, 6) is 0.715. The molecule has 124 valence electrons. The van der Waals surface area contributed by atoms with E-state index in [4.69, 9.17) is 26.8 Å². The summed E-state index contributed by atoms with van der Waals surface area (Å²) in [5, 5.41) is 0.110. The molecular weight excluding hydrogens is 328 g/mol. The van der Waals surface area contributed by atoms with Gasteiger partial charge in [-0.15, -0.1) is 0 Å². The molecule has 2 N–H and O–H groups in total. The fraction of sp³-hybridized carbons (Fsp3) is 0.571. The maximum atomic E-state index is 12.9. The van der Waals surface area contributed by atoms with Crippen molar-refractivity contribution in [2.45, 2.75) is 30.2 Å². The van der Waals surface area contributed by atoms with Gasteiger partial charge in [0.1, 0.15) is 4.90 Å². The summed E-state index contributed by atoms with van der Waals surface area (Å²) in [6.07, 6.45) is 2.56. The molecule has 0 radical (unpaired) electrons. The zero-order valence-corrected chi connectivity index (χ0v) is 14.3. The molecule has 1 aromatic carbocycles. The van der Waals surface area contributed by atoms with E-state index in [1.54, 1.807) is 0 Å². The third-order valence-corrected chi connectivity index (χ3v) is 6.29. The second-order valence-electron chi connectivity index (χ2n) is 5.14. The van der Waals surface area contributed by atoms with Crippen molar-refractivity contribution < 1.29 is 17.9 Å². The van der Waals surface area contributed by atoms with E-state index in [-0.39, 0.29) is 16.0 Å². The monoisotopic (exact) mass is 348 g/mol. The first kappa shape index (κ1) is 17.3. The van der Waals surface area contributed by atoms with Crippen molar-refractivity contribution in [3.63, 3.8) is 0 Å². The number of ether oxygens (including phenoxy) is 2. The summed E-state index contributed by atoms with van der Waals surface area (Å²) in [6.45, 7) is 0.749. The van der Waals surface area contributed by atoms with E-state index in [1.165, 1.54) is 30.7 Å². The topological polar surface area (TPSA) is 81.9 Å². The fourth-order valence-electron chi connectivity index (χ4n) is 2.69. The molecule has 8 heteroatoms. The van der Waals surface area contributed by atoms with Crippen LogP contribution in [0.25, 0.3) is 0 Å². The number of nitrogens with zero attached hydrogens (tertiary/aromatic N) is 1. The average molecular weight is 349 g/mol. The lowest BCUT2D eigenvalue weighted by molar-refractivity contribution is 0.257. The van der Waals surface area contributed by atoms with Gasteiger partial charge in [-0.2, -0.15) is 4.31 Å². The van der Waals surface area contributed by atoms with Crippen LogP contribution in [0.5, 0.6) is 11.5 Å². The molecule has 6 nitrogen and oxygen atoms in total. The molecule has 0 aromatic heterocycles. The second-order valence-corrected chi connectivity index (χ2v) is 7.40. The van der Waals surface area contributed by atoms with Gasteiger partial charge in [-0.05, 0) is 12.8 Å². The molecule has 1 aliphatic heterocycles. The third-order valence-electron chi connectivity index (χ3n) is 3.87. The van der Waals surface area contributed by atoms with E-state index < -0.39 is 10.0 Å². The SMILES string of the molecule is COc1cc(Cl)c(S(=O)(=O)N2CCCCC2CN)cc1OC. The van der Waals surface area contributed by atoms with Gasteiger partial charge in [-0.25, -0.2) is 8.42 Å². The van der Waals surface area contributed by atoms with E-state index in [0.717, 1.165) is 19.3 Å². The highest BCUT2D eigenvalue weighted by Crippen LogP contribution is 2.37. The Bertz CT molecular complexity index is 636. The van der Waals surface area contributed by atoms with Crippen molar-refractivity contribution in [1.82, 2.24) is 4.31 Å². The quantitative estimate of drug-likeness (QED) is 0.878. The number of rotatable bonds is 5. The van der Waals surface area contributed by atoms with Crippen molar-refractivity contribution in [2.75, 3.05) is 27.3 Å². The van der Waals surface area contributed by atoms with Gasteiger partial charge in [0, 0.05) is 31.3 Å². The standard InChI is InChI=1S/C14H21ClN2O4S/c1-20-12-7-11(15)14(8-13(12)21-2)22(18,19)17-6-4-3-5-10(17)9-16/h7-8,10H,3-6,9,16H2,1-2H3. The Kier molecular flexibility index (Phi) is 5.55. The van der Waals surface area contributed by atoms with Gasteiger partial charge >= 0.3 is 0 Å². The highest BCUT2D eigenvalue weighted by atomic mass is 35.5. The van der Waals surface area contributed by atoms with E-state index in [1.807, 2.05) is 0 Å². The Balaban J connectivity index is 2.48. The summed E-state index contributed by atoms with van der Waals surface area (Å²) in [7, 11) is -0.806. The Hall–Kier alpha value is -1.02. The Labute approximate surface area is 136 Å². The molecule has 1 unspecified atom stereocenters. The fourth-order valence-corrected chi connectivity index (χ4v) is 4.90. The Morgan fingerprint density at radius 3 is 2.50 bits per heavy atom. The Morgan fingerprint density at radius 1 is 1.27 bits per heavy atom. The number of hydrogen-bond acceptors (Lipinski definition) is 5. The Morgan fingerprint density at radius 2 is 1.91 bits per heavy atom. The molecule has 1 fully saturated rings. The van der Waals surface area contributed by atoms with Crippen LogP contribution in [-0.4, -0.2) is 46.1 Å². The summed E-state index contributed by atoms with van der Waals surface area (Å²) in [5.41, 5.74) is 5.72. The molecule has 0 amide bonds. The molecule has 1 aliphatic rings. The van der Waals surface area contributed by atoms with Crippen molar-refractivity contribution in [1.29, 1.82) is 0 Å². The molecule has 22 heavy (non-hydrogen) atoms. The van der Waals surface area contributed by atoms with Gasteiger partial charge in [-0.1, -0.05) is 18.0 Å². The van der Waals surface area contributed by atoms with Gasteiger partial charge in [-0.3, -0.25) is 0 Å². The number of hydrogen-bond donors (Lipinski definition) is 1. The summed E-state index contributed by atoms with van der Waals surface area (Å²) >= 11 is 6.16. The lowest BCUT2D eigenvalue weighted by Gasteiger charge is -2.34. The number of nitrogens with two attached hydrogens (primary N) is 1. The van der Waals surface area contributed by atoms with Crippen molar-refractivity contribution in [3.05, 3.63) is 17.2 Å². The van der Waals surface area contributed by atoms with Gasteiger partial charge in [0.15, 0.2) is 11.5 Å². The van der Waals surface area contributed by atoms with Crippen LogP contribution < -0.4 is 15.2 Å². The first-order chi connectivity index (χ1) is 10.5. The molecule has 0 aliphatic carbocycles. The van der Waals surface area contributed by atoms with Crippen LogP contribution in [0.15, 0.2) is 17.0 Å². The number of piperidine rings is 1. The van der Waals surface area contributed by atoms with E-state index in [9.17, 15) is 8.42 Å². The minimum absolute atomic E-state index is 0.0205. The lowest BCUT2D eigenvalue weighted by atomic mass is 10.1. The molecule has 0 spiro atoms. The van der Waals surface area contributed by atoms with Crippen molar-refractivity contribution >= 4 is 21.6 Å². The van der Waals surface area contributed by atoms with Gasteiger partial charge < -0.3 is 15.2 Å². The van der Waals surface area contributed by atoms with Gasteiger partial charge in [0.2, 0.25) is 10.0 Å². The second kappa shape index (κ2) is 7.04. The van der Waals surface area contributed by atoms with Gasteiger partial charge in [0.05, 0.1) is 19.2 Å². The van der Waals surface area contributed by atoms with E-state index >= 15 is 0 Å². The molecular formula is C14H21ClN2O4S. The molecule has 0 bridgehead atoms. The van der Waals surface area contributed by atoms with Crippen LogP contribution >= 0.6 is 11.6 Å². The first-order valence-electron chi connectivity index (χ1n) is 7.09. The number of halogens is 1. The maximum absolute atomic E-state index is 12.9. The van der Waals surface area contributed by atoms with E-state index in [2.05, 4.69) is 0 Å². The summed E-state index contributed by atoms with van der Waals surface area (Å²) in [4.78, 5) is 0.0205. The predicted octanol–water partition coefficient (Wildman–Crippen LogP) is 1.86. The zero-order chi connectivity index (χ0) is 16.3. The largest absolute Gasteiger partial charge is 0.493 e. The van der Waals surface area contributed by atoms with Crippen LogP contribution in [0, 0.1) is 0 Å². The molecule has 2 rings (SSSR count). The summed E-state index contributed by atoms with van der Waals surface area (Å²) < 4.78 is 37.6. The highest BCUT2D eigenvalue weighted by Gasteiger charge is 2.34. The predicted molar refractivity (Wildman–Crippen MR) is 85.1 cm³/mol. The highest BCUT2D eigenvalue weighted by molar-refractivity contribution is 7.89. The molecule has 1 saturated heterocycles. The number of benzene rings is 1. The van der Waals surface area contributed by atoms with Crippen LogP contribution in [0.1, 0.15) is 19.3 Å². The smallest absolute Gasteiger partial charge is 0.244 e. The van der Waals surface area contributed by atoms with Crippen LogP contribution in [0.4, 0.5) is 0 Å². The molecule has 1 heterocycles. The van der Waals surface area contributed by atoms with Crippen LogP contribution in [0.3, 0.4) is 0 Å². The summed E-state index contributed by atoms with van der Waals surface area (Å²) in [6, 6.07) is 2.66.